The lowest BCUT2D eigenvalue weighted by molar-refractivity contribution is -0.384. The smallest absolute Gasteiger partial charge is 0.270 e. The van der Waals surface area contributed by atoms with Gasteiger partial charge in [0.2, 0.25) is 0 Å². The van der Waals surface area contributed by atoms with Gasteiger partial charge in [-0.25, -0.2) is 0 Å². The van der Waals surface area contributed by atoms with Crippen molar-refractivity contribution in [1.29, 1.82) is 0 Å². The van der Waals surface area contributed by atoms with Gasteiger partial charge in [-0.2, -0.15) is 0 Å². The molecule has 1 heterocycles. The first-order chi connectivity index (χ1) is 17.7. The van der Waals surface area contributed by atoms with Crippen LogP contribution in [0.1, 0.15) is 18.1 Å². The van der Waals surface area contributed by atoms with E-state index in [0.717, 1.165) is 17.3 Å². The predicted molar refractivity (Wildman–Crippen MR) is 155 cm³/mol. The number of halogens is 3. The summed E-state index contributed by atoms with van der Waals surface area (Å²) in [4.78, 5) is 25.3. The summed E-state index contributed by atoms with van der Waals surface area (Å²) in [5, 5.41) is 11.8. The second-order valence-electron chi connectivity index (χ2n) is 7.59. The SMILES string of the molecule is CCOc1cc(/C=C2\SC(=S)N(c3ccc([N+](=O)[O-])cc3)C2=O)cc(Br)c1OCc1ccc(Cl)c(Cl)c1. The third-order valence-electron chi connectivity index (χ3n) is 5.11. The summed E-state index contributed by atoms with van der Waals surface area (Å²) in [5.41, 5.74) is 1.92. The van der Waals surface area contributed by atoms with Crippen LogP contribution in [0.25, 0.3) is 6.08 Å². The summed E-state index contributed by atoms with van der Waals surface area (Å²) in [7, 11) is 0. The Kier molecular flexibility index (Phi) is 8.76. The van der Waals surface area contributed by atoms with Crippen molar-refractivity contribution < 1.29 is 19.2 Å². The number of non-ortho nitro benzene ring substituents is 1. The summed E-state index contributed by atoms with van der Waals surface area (Å²) in [6, 6.07) is 14.5. The zero-order chi connectivity index (χ0) is 26.7. The van der Waals surface area contributed by atoms with Gasteiger partial charge in [0.15, 0.2) is 15.8 Å². The molecule has 1 aliphatic heterocycles. The molecule has 1 saturated heterocycles. The van der Waals surface area contributed by atoms with Crippen molar-refractivity contribution >= 4 is 90.8 Å². The van der Waals surface area contributed by atoms with Crippen LogP contribution in [-0.2, 0) is 11.4 Å². The van der Waals surface area contributed by atoms with Gasteiger partial charge in [0, 0.05) is 12.1 Å². The molecule has 1 fully saturated rings. The highest BCUT2D eigenvalue weighted by atomic mass is 79.9. The third kappa shape index (κ3) is 6.27. The van der Waals surface area contributed by atoms with Crippen molar-refractivity contribution in [2.24, 2.45) is 0 Å². The Morgan fingerprint density at radius 1 is 1.11 bits per heavy atom. The normalized spacial score (nSPS) is 14.4. The predicted octanol–water partition coefficient (Wildman–Crippen LogP) is 8.05. The number of nitrogens with zero attached hydrogens (tertiary/aromatic N) is 2. The van der Waals surface area contributed by atoms with E-state index in [-0.39, 0.29) is 18.2 Å². The lowest BCUT2D eigenvalue weighted by atomic mass is 10.1. The molecule has 0 atom stereocenters. The molecule has 0 saturated carbocycles. The summed E-state index contributed by atoms with van der Waals surface area (Å²) >= 11 is 22.2. The molecule has 4 rings (SSSR count). The highest BCUT2D eigenvalue weighted by molar-refractivity contribution is 9.10. The van der Waals surface area contributed by atoms with E-state index < -0.39 is 4.92 Å². The first-order valence-electron chi connectivity index (χ1n) is 10.7. The Morgan fingerprint density at radius 3 is 2.49 bits per heavy atom. The standard InChI is InChI=1S/C25H17BrCl2N2O5S2/c1-2-34-21-11-15(9-18(26)23(21)35-13-14-3-8-19(27)20(28)10-14)12-22-24(31)29(25(36)37-22)16-4-6-17(7-5-16)30(32)33/h3-12H,2,13H2,1H3/b22-12-. The lowest BCUT2D eigenvalue weighted by Gasteiger charge is -2.15. The van der Waals surface area contributed by atoms with Crippen LogP contribution in [0.5, 0.6) is 11.5 Å². The summed E-state index contributed by atoms with van der Waals surface area (Å²) in [6.45, 7) is 2.50. The molecular formula is C25H17BrCl2N2O5S2. The van der Waals surface area contributed by atoms with E-state index in [0.29, 0.717) is 53.1 Å². The molecular weight excluding hydrogens is 623 g/mol. The number of carbonyl (C=O) groups excluding carboxylic acids is 1. The summed E-state index contributed by atoms with van der Waals surface area (Å²) < 4.78 is 12.8. The largest absolute Gasteiger partial charge is 0.490 e. The fourth-order valence-electron chi connectivity index (χ4n) is 3.42. The molecule has 190 valence electrons. The van der Waals surface area contributed by atoms with Crippen LogP contribution in [0.4, 0.5) is 11.4 Å². The van der Waals surface area contributed by atoms with Gasteiger partial charge in [-0.3, -0.25) is 19.8 Å². The van der Waals surface area contributed by atoms with Crippen LogP contribution in [0, 0.1) is 10.1 Å². The van der Waals surface area contributed by atoms with E-state index in [1.807, 2.05) is 19.1 Å². The molecule has 12 heteroatoms. The van der Waals surface area contributed by atoms with Crippen LogP contribution >= 0.6 is 63.1 Å². The summed E-state index contributed by atoms with van der Waals surface area (Å²) in [5.74, 6) is 0.676. The molecule has 0 bridgehead atoms. The molecule has 1 amide bonds. The molecule has 1 aliphatic rings. The van der Waals surface area contributed by atoms with Crippen molar-refractivity contribution in [3.8, 4) is 11.5 Å². The Morgan fingerprint density at radius 2 is 1.84 bits per heavy atom. The molecule has 0 aromatic heterocycles. The van der Waals surface area contributed by atoms with Crippen LogP contribution in [0.3, 0.4) is 0 Å². The Bertz CT molecular complexity index is 1430. The van der Waals surface area contributed by atoms with E-state index in [9.17, 15) is 14.9 Å². The number of anilines is 1. The van der Waals surface area contributed by atoms with E-state index in [4.69, 9.17) is 44.9 Å². The Balaban J connectivity index is 1.58. The fraction of sp³-hybridized carbons (Fsp3) is 0.120. The topological polar surface area (TPSA) is 81.9 Å². The Hall–Kier alpha value is -2.63. The van der Waals surface area contributed by atoms with E-state index in [1.54, 1.807) is 24.3 Å². The number of ether oxygens (including phenoxy) is 2. The van der Waals surface area contributed by atoms with Gasteiger partial charge in [-0.15, -0.1) is 0 Å². The first kappa shape index (κ1) is 27.4. The maximum absolute atomic E-state index is 13.1. The van der Waals surface area contributed by atoms with Crippen molar-refractivity contribution in [3.63, 3.8) is 0 Å². The second-order valence-corrected chi connectivity index (χ2v) is 10.9. The molecule has 0 aliphatic carbocycles. The number of nitro benzene ring substituents is 1. The number of hydrogen-bond donors (Lipinski definition) is 0. The molecule has 0 spiro atoms. The molecule has 7 nitrogen and oxygen atoms in total. The van der Waals surface area contributed by atoms with Crippen LogP contribution in [0.2, 0.25) is 10.0 Å². The van der Waals surface area contributed by atoms with Gasteiger partial charge in [0.1, 0.15) is 6.61 Å². The number of benzene rings is 3. The average molecular weight is 640 g/mol. The number of rotatable bonds is 8. The maximum Gasteiger partial charge on any atom is 0.270 e. The number of carbonyl (C=O) groups is 1. The molecule has 3 aromatic rings. The number of amides is 1. The van der Waals surface area contributed by atoms with Gasteiger partial charge in [0.25, 0.3) is 11.6 Å². The van der Waals surface area contributed by atoms with Gasteiger partial charge in [-0.05, 0) is 76.5 Å². The Labute approximate surface area is 240 Å². The molecule has 0 N–H and O–H groups in total. The first-order valence-corrected chi connectivity index (χ1v) is 13.5. The van der Waals surface area contributed by atoms with E-state index in [1.165, 1.54) is 29.2 Å². The zero-order valence-electron chi connectivity index (χ0n) is 19.1. The molecule has 3 aromatic carbocycles. The molecule has 0 unspecified atom stereocenters. The lowest BCUT2D eigenvalue weighted by Crippen LogP contribution is -2.27. The third-order valence-corrected chi connectivity index (χ3v) is 7.74. The zero-order valence-corrected chi connectivity index (χ0v) is 23.8. The number of thioether (sulfide) groups is 1. The monoisotopic (exact) mass is 638 g/mol. The van der Waals surface area contributed by atoms with Crippen LogP contribution in [-0.4, -0.2) is 21.8 Å². The second kappa shape index (κ2) is 11.8. The number of hydrogen-bond acceptors (Lipinski definition) is 7. The highest BCUT2D eigenvalue weighted by Crippen LogP contribution is 2.41. The minimum atomic E-state index is -0.500. The van der Waals surface area contributed by atoms with Gasteiger partial charge in [-0.1, -0.05) is 53.2 Å². The van der Waals surface area contributed by atoms with Gasteiger partial charge in [0.05, 0.1) is 36.6 Å². The van der Waals surface area contributed by atoms with E-state index >= 15 is 0 Å². The van der Waals surface area contributed by atoms with Gasteiger partial charge < -0.3 is 9.47 Å². The molecule has 0 radical (unpaired) electrons. The van der Waals surface area contributed by atoms with Gasteiger partial charge >= 0.3 is 0 Å². The average Bonchev–Trinajstić information content (AvgIpc) is 3.13. The van der Waals surface area contributed by atoms with Crippen molar-refractivity contribution in [1.82, 2.24) is 0 Å². The number of thiocarbonyl (C=S) groups is 1. The fourth-order valence-corrected chi connectivity index (χ4v) is 5.62. The van der Waals surface area contributed by atoms with Crippen molar-refractivity contribution in [2.75, 3.05) is 11.5 Å². The van der Waals surface area contributed by atoms with E-state index in [2.05, 4.69) is 15.9 Å². The van der Waals surface area contributed by atoms with Crippen molar-refractivity contribution in [3.05, 3.63) is 95.3 Å². The molecule has 37 heavy (non-hydrogen) atoms. The van der Waals surface area contributed by atoms with Crippen LogP contribution < -0.4 is 14.4 Å². The maximum atomic E-state index is 13.1. The minimum Gasteiger partial charge on any atom is -0.490 e. The number of nitro groups is 1. The van der Waals surface area contributed by atoms with Crippen LogP contribution in [0.15, 0.2) is 64.0 Å². The quantitative estimate of drug-likeness (QED) is 0.107. The summed E-state index contributed by atoms with van der Waals surface area (Å²) in [6.07, 6.45) is 1.71. The highest BCUT2D eigenvalue weighted by Gasteiger charge is 2.33. The minimum absolute atomic E-state index is 0.0699. The van der Waals surface area contributed by atoms with Crippen molar-refractivity contribution in [2.45, 2.75) is 13.5 Å².